The van der Waals surface area contributed by atoms with Gasteiger partial charge < -0.3 is 14.6 Å². The van der Waals surface area contributed by atoms with Crippen LogP contribution in [0.25, 0.3) is 0 Å². The third-order valence-electron chi connectivity index (χ3n) is 2.91. The lowest BCUT2D eigenvalue weighted by molar-refractivity contribution is 0.0906. The zero-order chi connectivity index (χ0) is 15.0. The van der Waals surface area contributed by atoms with Crippen LogP contribution >= 0.6 is 22.9 Å². The number of nitrogens with zero attached hydrogens (tertiary/aromatic N) is 1. The first-order chi connectivity index (χ1) is 9.52. The zero-order valence-corrected chi connectivity index (χ0v) is 14.5. The third-order valence-corrected chi connectivity index (χ3v) is 4.41. The number of hydrogen-bond acceptors (Lipinski definition) is 4. The van der Waals surface area contributed by atoms with E-state index in [0.29, 0.717) is 19.2 Å². The lowest BCUT2D eigenvalue weighted by Gasteiger charge is -2.22. The SMILES string of the molecule is COCCc1ccc(OCC(O)CN(I)C(C)C)cc1. The molecule has 5 heteroatoms. The van der Waals surface area contributed by atoms with Gasteiger partial charge in [-0.05, 0) is 38.0 Å². The summed E-state index contributed by atoms with van der Waals surface area (Å²) in [5.41, 5.74) is 1.22. The van der Waals surface area contributed by atoms with Gasteiger partial charge in [-0.3, -0.25) is 0 Å². The van der Waals surface area contributed by atoms with Crippen LogP contribution in [-0.4, -0.2) is 47.2 Å². The Morgan fingerprint density at radius 2 is 1.90 bits per heavy atom. The maximum atomic E-state index is 9.91. The van der Waals surface area contributed by atoms with Crippen LogP contribution in [-0.2, 0) is 11.2 Å². The molecule has 1 N–H and O–H groups in total. The Morgan fingerprint density at radius 1 is 1.25 bits per heavy atom. The molecule has 1 unspecified atom stereocenters. The number of methoxy groups -OCH3 is 1. The third kappa shape index (κ3) is 6.88. The summed E-state index contributed by atoms with van der Waals surface area (Å²) in [7, 11) is 1.70. The molecular weight excluding hydrogens is 369 g/mol. The summed E-state index contributed by atoms with van der Waals surface area (Å²) < 4.78 is 12.7. The highest BCUT2D eigenvalue weighted by Gasteiger charge is 2.12. The summed E-state index contributed by atoms with van der Waals surface area (Å²) in [6, 6.07) is 8.33. The molecule has 0 aliphatic heterocycles. The average Bonchev–Trinajstić information content (AvgIpc) is 2.43. The lowest BCUT2D eigenvalue weighted by Crippen LogP contribution is -2.33. The largest absolute Gasteiger partial charge is 0.491 e. The molecule has 0 saturated carbocycles. The van der Waals surface area contributed by atoms with Gasteiger partial charge in [0.05, 0.1) is 6.61 Å². The predicted molar refractivity (Wildman–Crippen MR) is 89.4 cm³/mol. The highest BCUT2D eigenvalue weighted by molar-refractivity contribution is 14.1. The molecule has 1 rings (SSSR count). The molecule has 0 aliphatic carbocycles. The number of ether oxygens (including phenoxy) is 2. The van der Waals surface area contributed by atoms with Gasteiger partial charge in [0.15, 0.2) is 0 Å². The molecule has 4 nitrogen and oxygen atoms in total. The first kappa shape index (κ1) is 17.7. The zero-order valence-electron chi connectivity index (χ0n) is 12.4. The monoisotopic (exact) mass is 393 g/mol. The van der Waals surface area contributed by atoms with Crippen LogP contribution < -0.4 is 4.74 Å². The molecule has 0 spiro atoms. The van der Waals surface area contributed by atoms with Crippen molar-refractivity contribution in [3.8, 4) is 5.75 Å². The standard InChI is InChI=1S/C15H24INO3/c1-12(2)17(16)10-14(18)11-20-15-6-4-13(5-7-15)8-9-19-3/h4-7,12,14,18H,8-11H2,1-3H3. The maximum absolute atomic E-state index is 9.91. The second-order valence-electron chi connectivity index (χ2n) is 5.03. The number of benzene rings is 1. The molecular formula is C15H24INO3. The van der Waals surface area contributed by atoms with Crippen molar-refractivity contribution in [2.24, 2.45) is 0 Å². The average molecular weight is 393 g/mol. The van der Waals surface area contributed by atoms with E-state index < -0.39 is 6.10 Å². The van der Waals surface area contributed by atoms with Crippen molar-refractivity contribution in [3.05, 3.63) is 29.8 Å². The van der Waals surface area contributed by atoms with E-state index in [4.69, 9.17) is 9.47 Å². The van der Waals surface area contributed by atoms with E-state index in [1.807, 2.05) is 24.3 Å². The van der Waals surface area contributed by atoms with Crippen molar-refractivity contribution in [2.75, 3.05) is 26.9 Å². The number of halogens is 1. The number of hydrogen-bond donors (Lipinski definition) is 1. The quantitative estimate of drug-likeness (QED) is 0.518. The molecule has 1 aromatic carbocycles. The van der Waals surface area contributed by atoms with Crippen LogP contribution in [0.3, 0.4) is 0 Å². The maximum Gasteiger partial charge on any atom is 0.119 e. The number of rotatable bonds is 9. The van der Waals surface area contributed by atoms with Crippen LogP contribution in [0.15, 0.2) is 24.3 Å². The van der Waals surface area contributed by atoms with E-state index in [0.717, 1.165) is 18.8 Å². The van der Waals surface area contributed by atoms with Crippen molar-refractivity contribution in [1.82, 2.24) is 3.11 Å². The summed E-state index contributed by atoms with van der Waals surface area (Å²) in [5, 5.41) is 9.91. The molecule has 0 aliphatic rings. The highest BCUT2D eigenvalue weighted by Crippen LogP contribution is 2.14. The van der Waals surface area contributed by atoms with Gasteiger partial charge in [-0.15, -0.1) is 0 Å². The van der Waals surface area contributed by atoms with E-state index in [-0.39, 0.29) is 0 Å². The Labute approximate surface area is 135 Å². The second kappa shape index (κ2) is 9.55. The van der Waals surface area contributed by atoms with E-state index in [2.05, 4.69) is 39.8 Å². The highest BCUT2D eigenvalue weighted by atomic mass is 127. The Morgan fingerprint density at radius 3 is 2.45 bits per heavy atom. The topological polar surface area (TPSA) is 41.9 Å². The van der Waals surface area contributed by atoms with Crippen LogP contribution in [0.1, 0.15) is 19.4 Å². The summed E-state index contributed by atoms with van der Waals surface area (Å²) in [4.78, 5) is 0. The summed E-state index contributed by atoms with van der Waals surface area (Å²) in [5.74, 6) is 0.787. The van der Waals surface area contributed by atoms with Gasteiger partial charge in [-0.1, -0.05) is 12.1 Å². The first-order valence-corrected chi connectivity index (χ1v) is 7.80. The molecule has 20 heavy (non-hydrogen) atoms. The molecule has 0 saturated heterocycles. The van der Waals surface area contributed by atoms with Crippen molar-refractivity contribution in [3.63, 3.8) is 0 Å². The summed E-state index contributed by atoms with van der Waals surface area (Å²) >= 11 is 2.22. The van der Waals surface area contributed by atoms with Gasteiger partial charge in [-0.25, -0.2) is 3.11 Å². The molecule has 0 radical (unpaired) electrons. The second-order valence-corrected chi connectivity index (χ2v) is 6.27. The first-order valence-electron chi connectivity index (χ1n) is 6.84. The molecule has 114 valence electrons. The summed E-state index contributed by atoms with van der Waals surface area (Å²) in [6.07, 6.45) is 0.417. The molecule has 0 aromatic heterocycles. The van der Waals surface area contributed by atoms with Crippen LogP contribution in [0.4, 0.5) is 0 Å². The van der Waals surface area contributed by atoms with Gasteiger partial charge in [0, 0.05) is 42.6 Å². The van der Waals surface area contributed by atoms with Gasteiger partial charge >= 0.3 is 0 Å². The fourth-order valence-electron chi connectivity index (χ4n) is 1.63. The smallest absolute Gasteiger partial charge is 0.119 e. The lowest BCUT2D eigenvalue weighted by atomic mass is 10.1. The minimum Gasteiger partial charge on any atom is -0.491 e. The van der Waals surface area contributed by atoms with Crippen molar-refractivity contribution >= 4 is 22.9 Å². The van der Waals surface area contributed by atoms with Crippen LogP contribution in [0.2, 0.25) is 0 Å². The fraction of sp³-hybridized carbons (Fsp3) is 0.600. The van der Waals surface area contributed by atoms with Gasteiger partial charge in [-0.2, -0.15) is 0 Å². The molecule has 1 atom stereocenters. The van der Waals surface area contributed by atoms with Gasteiger partial charge in [0.2, 0.25) is 0 Å². The van der Waals surface area contributed by atoms with E-state index in [1.54, 1.807) is 7.11 Å². The minimum absolute atomic E-state index is 0.309. The van der Waals surface area contributed by atoms with E-state index in [9.17, 15) is 5.11 Å². The van der Waals surface area contributed by atoms with Gasteiger partial charge in [0.1, 0.15) is 18.5 Å². The number of aliphatic hydroxyl groups is 1. The Kier molecular flexibility index (Phi) is 8.44. The molecule has 1 aromatic rings. The van der Waals surface area contributed by atoms with E-state index in [1.165, 1.54) is 5.56 Å². The molecule has 0 heterocycles. The molecule has 0 bridgehead atoms. The van der Waals surface area contributed by atoms with Crippen LogP contribution in [0, 0.1) is 0 Å². The molecule has 0 fully saturated rings. The normalized spacial score (nSPS) is 12.9. The van der Waals surface area contributed by atoms with Crippen molar-refractivity contribution < 1.29 is 14.6 Å². The Hall–Kier alpha value is -0.370. The molecule has 0 amide bonds. The Bertz CT molecular complexity index is 370. The minimum atomic E-state index is -0.484. The van der Waals surface area contributed by atoms with Crippen molar-refractivity contribution in [2.45, 2.75) is 32.4 Å². The van der Waals surface area contributed by atoms with Gasteiger partial charge in [0.25, 0.3) is 0 Å². The fourth-order valence-corrected chi connectivity index (χ4v) is 2.08. The van der Waals surface area contributed by atoms with Crippen molar-refractivity contribution in [1.29, 1.82) is 0 Å². The predicted octanol–water partition coefficient (Wildman–Crippen LogP) is 2.68. The van der Waals surface area contributed by atoms with E-state index >= 15 is 0 Å². The number of aliphatic hydroxyl groups excluding tert-OH is 1. The Balaban J connectivity index is 2.34. The van der Waals surface area contributed by atoms with Crippen LogP contribution in [0.5, 0.6) is 5.75 Å². The summed E-state index contributed by atoms with van der Waals surface area (Å²) in [6.45, 7) is 5.82.